The number of hydrazine groups is 1. The Kier molecular flexibility index (Phi) is 6.87. The SMILES string of the molecule is Cc1cc(OCC(=O)NNC(=O)CSc2nc(N)cc(N)n2)ccc1Cl. The predicted molar refractivity (Wildman–Crippen MR) is 99.6 cm³/mol. The Labute approximate surface area is 158 Å². The van der Waals surface area contributed by atoms with Gasteiger partial charge < -0.3 is 16.2 Å². The highest BCUT2D eigenvalue weighted by atomic mass is 35.5. The smallest absolute Gasteiger partial charge is 0.276 e. The van der Waals surface area contributed by atoms with Crippen LogP contribution >= 0.6 is 23.4 Å². The minimum Gasteiger partial charge on any atom is -0.484 e. The summed E-state index contributed by atoms with van der Waals surface area (Å²) in [7, 11) is 0. The number of halogens is 1. The number of hydrogen-bond donors (Lipinski definition) is 4. The van der Waals surface area contributed by atoms with Crippen molar-refractivity contribution in [1.29, 1.82) is 0 Å². The summed E-state index contributed by atoms with van der Waals surface area (Å²) >= 11 is 6.94. The standard InChI is InChI=1S/C15H17ClN6O3S/c1-8-4-9(2-3-10(8)16)25-6-13(23)21-22-14(24)7-26-15-19-11(17)5-12(18)20-15/h2-5H,6-7H2,1H3,(H,21,23)(H,22,24)(H4,17,18,19,20). The highest BCUT2D eigenvalue weighted by Gasteiger charge is 2.09. The van der Waals surface area contributed by atoms with Crippen LogP contribution in [0.25, 0.3) is 0 Å². The Morgan fingerprint density at radius 3 is 2.46 bits per heavy atom. The number of nitrogen functional groups attached to an aromatic ring is 2. The molecule has 0 radical (unpaired) electrons. The van der Waals surface area contributed by atoms with Gasteiger partial charge in [-0.1, -0.05) is 23.4 Å². The number of nitrogens with one attached hydrogen (secondary N) is 2. The summed E-state index contributed by atoms with van der Waals surface area (Å²) in [6.45, 7) is 1.56. The highest BCUT2D eigenvalue weighted by molar-refractivity contribution is 7.99. The Morgan fingerprint density at radius 1 is 1.15 bits per heavy atom. The zero-order chi connectivity index (χ0) is 19.1. The lowest BCUT2D eigenvalue weighted by Gasteiger charge is -2.09. The van der Waals surface area contributed by atoms with Crippen LogP contribution in [0.15, 0.2) is 29.4 Å². The van der Waals surface area contributed by atoms with Crippen molar-refractivity contribution in [3.8, 4) is 5.75 Å². The summed E-state index contributed by atoms with van der Waals surface area (Å²) in [6, 6.07) is 6.44. The summed E-state index contributed by atoms with van der Waals surface area (Å²) < 4.78 is 5.32. The van der Waals surface area contributed by atoms with Gasteiger partial charge >= 0.3 is 0 Å². The fraction of sp³-hybridized carbons (Fsp3) is 0.200. The van der Waals surface area contributed by atoms with Gasteiger partial charge in [-0.25, -0.2) is 9.97 Å². The van der Waals surface area contributed by atoms with Crippen LogP contribution in [-0.4, -0.2) is 34.1 Å². The van der Waals surface area contributed by atoms with Crippen LogP contribution in [0.5, 0.6) is 5.75 Å². The third-order valence-electron chi connectivity index (χ3n) is 2.92. The van der Waals surface area contributed by atoms with Crippen molar-refractivity contribution in [2.75, 3.05) is 23.8 Å². The van der Waals surface area contributed by atoms with Crippen LogP contribution in [-0.2, 0) is 9.59 Å². The number of nitrogens with two attached hydrogens (primary N) is 2. The number of aromatic nitrogens is 2. The average molecular weight is 397 g/mol. The van der Waals surface area contributed by atoms with Crippen molar-refractivity contribution in [1.82, 2.24) is 20.8 Å². The third-order valence-corrected chi connectivity index (χ3v) is 4.19. The fourth-order valence-electron chi connectivity index (χ4n) is 1.72. The van der Waals surface area contributed by atoms with Gasteiger partial charge in [0.05, 0.1) is 5.75 Å². The van der Waals surface area contributed by atoms with E-state index in [2.05, 4.69) is 20.8 Å². The molecule has 0 fully saturated rings. The molecule has 0 spiro atoms. The van der Waals surface area contributed by atoms with E-state index in [1.165, 1.54) is 6.07 Å². The largest absolute Gasteiger partial charge is 0.484 e. The highest BCUT2D eigenvalue weighted by Crippen LogP contribution is 2.20. The number of rotatable bonds is 6. The third kappa shape index (κ3) is 6.30. The van der Waals surface area contributed by atoms with Gasteiger partial charge in [-0.15, -0.1) is 0 Å². The first-order valence-corrected chi connectivity index (χ1v) is 8.69. The van der Waals surface area contributed by atoms with Gasteiger partial charge in [-0.2, -0.15) is 0 Å². The second-order valence-corrected chi connectivity index (χ2v) is 6.43. The second kappa shape index (κ2) is 9.11. The van der Waals surface area contributed by atoms with Crippen molar-refractivity contribution in [2.24, 2.45) is 0 Å². The van der Waals surface area contributed by atoms with Gasteiger partial charge in [0.2, 0.25) is 5.91 Å². The van der Waals surface area contributed by atoms with Crippen molar-refractivity contribution in [2.45, 2.75) is 12.1 Å². The molecule has 0 saturated carbocycles. The maximum absolute atomic E-state index is 11.7. The number of ether oxygens (including phenoxy) is 1. The van der Waals surface area contributed by atoms with Crippen molar-refractivity contribution >= 4 is 46.8 Å². The van der Waals surface area contributed by atoms with E-state index in [0.717, 1.165) is 17.3 Å². The Morgan fingerprint density at radius 2 is 1.81 bits per heavy atom. The monoisotopic (exact) mass is 396 g/mol. The molecule has 11 heteroatoms. The van der Waals surface area contributed by atoms with Crippen LogP contribution in [0.4, 0.5) is 11.6 Å². The molecule has 26 heavy (non-hydrogen) atoms. The van der Waals surface area contributed by atoms with E-state index in [0.29, 0.717) is 10.8 Å². The number of benzene rings is 1. The molecule has 0 unspecified atom stereocenters. The first kappa shape index (κ1) is 19.6. The molecule has 138 valence electrons. The number of aryl methyl sites for hydroxylation is 1. The molecule has 0 aliphatic heterocycles. The number of carbonyl (C=O) groups excluding carboxylic acids is 2. The van der Waals surface area contributed by atoms with Gasteiger partial charge in [0.1, 0.15) is 17.4 Å². The molecule has 9 nitrogen and oxygen atoms in total. The first-order valence-electron chi connectivity index (χ1n) is 7.33. The molecule has 0 saturated heterocycles. The van der Waals surface area contributed by atoms with Crippen molar-refractivity contribution in [3.63, 3.8) is 0 Å². The quantitative estimate of drug-likeness (QED) is 0.320. The molecule has 0 aliphatic carbocycles. The normalized spacial score (nSPS) is 10.2. The molecule has 0 aliphatic rings. The average Bonchev–Trinajstić information content (AvgIpc) is 2.58. The molecule has 0 atom stereocenters. The van der Waals surface area contributed by atoms with Gasteiger partial charge in [-0.05, 0) is 30.7 Å². The van der Waals surface area contributed by atoms with E-state index in [9.17, 15) is 9.59 Å². The molecule has 2 aromatic rings. The second-order valence-electron chi connectivity index (χ2n) is 5.08. The van der Waals surface area contributed by atoms with E-state index in [4.69, 9.17) is 27.8 Å². The lowest BCUT2D eigenvalue weighted by Crippen LogP contribution is -2.44. The van der Waals surface area contributed by atoms with Crippen molar-refractivity contribution < 1.29 is 14.3 Å². The zero-order valence-corrected chi connectivity index (χ0v) is 15.4. The maximum atomic E-state index is 11.7. The van der Waals surface area contributed by atoms with Crippen LogP contribution < -0.4 is 27.1 Å². The van der Waals surface area contributed by atoms with Crippen LogP contribution in [0, 0.1) is 6.92 Å². The molecule has 0 bridgehead atoms. The van der Waals surface area contributed by atoms with Gasteiger partial charge in [0, 0.05) is 11.1 Å². The maximum Gasteiger partial charge on any atom is 0.276 e. The molecule has 1 aromatic carbocycles. The van der Waals surface area contributed by atoms with Crippen LogP contribution in [0.2, 0.25) is 5.02 Å². The van der Waals surface area contributed by atoms with E-state index in [1.54, 1.807) is 18.2 Å². The number of hydrogen-bond acceptors (Lipinski definition) is 8. The lowest BCUT2D eigenvalue weighted by atomic mass is 10.2. The molecular formula is C15H17ClN6O3S. The number of thioether (sulfide) groups is 1. The van der Waals surface area contributed by atoms with E-state index < -0.39 is 11.8 Å². The zero-order valence-electron chi connectivity index (χ0n) is 13.8. The van der Waals surface area contributed by atoms with Gasteiger partial charge in [-0.3, -0.25) is 20.4 Å². The molecule has 2 rings (SSSR count). The Balaban J connectivity index is 1.71. The number of carbonyl (C=O) groups is 2. The fourth-order valence-corrected chi connectivity index (χ4v) is 2.51. The summed E-state index contributed by atoms with van der Waals surface area (Å²) in [5.41, 5.74) is 16.4. The molecule has 1 aromatic heterocycles. The molecular weight excluding hydrogens is 380 g/mol. The molecule has 1 heterocycles. The predicted octanol–water partition coefficient (Wildman–Crippen LogP) is 0.921. The minimum absolute atomic E-state index is 0.0274. The number of amides is 2. The molecule has 6 N–H and O–H groups in total. The van der Waals surface area contributed by atoms with Crippen LogP contribution in [0.3, 0.4) is 0 Å². The van der Waals surface area contributed by atoms with E-state index >= 15 is 0 Å². The van der Waals surface area contributed by atoms with E-state index in [-0.39, 0.29) is 29.2 Å². The summed E-state index contributed by atoms with van der Waals surface area (Å²) in [6.07, 6.45) is 0. The first-order chi connectivity index (χ1) is 12.3. The van der Waals surface area contributed by atoms with Gasteiger partial charge in [0.25, 0.3) is 5.91 Å². The van der Waals surface area contributed by atoms with Crippen LogP contribution in [0.1, 0.15) is 5.56 Å². The molecule has 2 amide bonds. The Bertz CT molecular complexity index is 800. The summed E-state index contributed by atoms with van der Waals surface area (Å²) in [4.78, 5) is 31.3. The number of anilines is 2. The summed E-state index contributed by atoms with van der Waals surface area (Å²) in [5, 5.41) is 0.878. The Hall–Kier alpha value is -2.72. The van der Waals surface area contributed by atoms with Gasteiger partial charge in [0.15, 0.2) is 11.8 Å². The summed E-state index contributed by atoms with van der Waals surface area (Å²) in [5.74, 6) is -0.0666. The topological polar surface area (TPSA) is 145 Å². The van der Waals surface area contributed by atoms with E-state index in [1.807, 2.05) is 6.92 Å². The number of nitrogens with zero attached hydrogens (tertiary/aromatic N) is 2. The van der Waals surface area contributed by atoms with Crippen molar-refractivity contribution in [3.05, 3.63) is 34.9 Å². The lowest BCUT2D eigenvalue weighted by molar-refractivity contribution is -0.128. The minimum atomic E-state index is -0.514.